The van der Waals surface area contributed by atoms with Crippen molar-refractivity contribution < 1.29 is 21.7 Å². The average molecular weight is 495 g/mol. The molecule has 1 heterocycles. The van der Waals surface area contributed by atoms with E-state index in [1.165, 1.54) is 19.6 Å². The number of rotatable bonds is 3. The summed E-state index contributed by atoms with van der Waals surface area (Å²) in [5.41, 5.74) is 0. The maximum Gasteiger partial charge on any atom is 0.0267 e. The van der Waals surface area contributed by atoms with Crippen LogP contribution < -0.4 is 0 Å². The molecule has 8 heteroatoms. The van der Waals surface area contributed by atoms with E-state index in [1.54, 1.807) is 12.4 Å². The topological polar surface area (TPSA) is 16.1 Å². The fourth-order valence-corrected chi connectivity index (χ4v) is 0.983. The minimum atomic E-state index is 0. The van der Waals surface area contributed by atoms with Gasteiger partial charge in [0.1, 0.15) is 0 Å². The first kappa shape index (κ1) is 42.8. The SMILES string of the molecule is CCN(CC)CC.Cl.Cl.Cl.Cl.[SnH2].[Ti].c1ccncc1. The normalized spacial score (nSPS) is 6.32. The van der Waals surface area contributed by atoms with Gasteiger partial charge in [0.2, 0.25) is 0 Å². The first-order chi connectivity index (χ1) is 6.35. The molecule has 0 spiro atoms. The van der Waals surface area contributed by atoms with Gasteiger partial charge < -0.3 is 4.90 Å². The Balaban J connectivity index is -0.0000000231. The van der Waals surface area contributed by atoms with E-state index in [-0.39, 0.29) is 95.3 Å². The van der Waals surface area contributed by atoms with Crippen LogP contribution in [0.5, 0.6) is 0 Å². The van der Waals surface area contributed by atoms with Crippen molar-refractivity contribution in [3.8, 4) is 0 Å². The first-order valence-electron chi connectivity index (χ1n) is 4.92. The Kier molecular flexibility index (Phi) is 82.8. The average Bonchev–Trinajstić information content (AvgIpc) is 2.24. The van der Waals surface area contributed by atoms with Gasteiger partial charge in [0, 0.05) is 34.1 Å². The van der Waals surface area contributed by atoms with Gasteiger partial charge >= 0.3 is 23.9 Å². The van der Waals surface area contributed by atoms with Crippen LogP contribution in [0.3, 0.4) is 0 Å². The van der Waals surface area contributed by atoms with Crippen LogP contribution in [0.4, 0.5) is 0 Å². The molecular formula is C11H26Cl4N2SnTi. The molecule has 19 heavy (non-hydrogen) atoms. The van der Waals surface area contributed by atoms with E-state index in [0.29, 0.717) is 0 Å². The number of hydrogen-bond donors (Lipinski definition) is 0. The Hall–Kier alpha value is 1.78. The summed E-state index contributed by atoms with van der Waals surface area (Å²) in [5, 5.41) is 0. The van der Waals surface area contributed by atoms with Crippen molar-refractivity contribution in [2.45, 2.75) is 20.8 Å². The molecule has 0 fully saturated rings. The van der Waals surface area contributed by atoms with Crippen LogP contribution in [0.15, 0.2) is 30.6 Å². The molecule has 2 nitrogen and oxygen atoms in total. The largest absolute Gasteiger partial charge is 0.265 e. The monoisotopic (exact) mass is 494 g/mol. The Morgan fingerprint density at radius 1 is 0.737 bits per heavy atom. The van der Waals surface area contributed by atoms with Gasteiger partial charge in [0.15, 0.2) is 0 Å². The van der Waals surface area contributed by atoms with E-state index in [1.807, 2.05) is 18.2 Å². The fraction of sp³-hybridized carbons (Fsp3) is 0.545. The minimum absolute atomic E-state index is 0. The maximum atomic E-state index is 3.78. The van der Waals surface area contributed by atoms with E-state index in [4.69, 9.17) is 0 Å². The van der Waals surface area contributed by atoms with Crippen LogP contribution in [0.2, 0.25) is 0 Å². The third-order valence-corrected chi connectivity index (χ3v) is 1.91. The zero-order chi connectivity index (χ0) is 9.94. The summed E-state index contributed by atoms with van der Waals surface area (Å²) in [6.07, 6.45) is 3.50. The summed E-state index contributed by atoms with van der Waals surface area (Å²) in [7, 11) is 0. The van der Waals surface area contributed by atoms with Gasteiger partial charge in [-0.3, -0.25) is 4.98 Å². The Morgan fingerprint density at radius 2 is 1.05 bits per heavy atom. The number of nitrogens with zero attached hydrogens (tertiary/aromatic N) is 2. The van der Waals surface area contributed by atoms with Gasteiger partial charge in [0.25, 0.3) is 0 Å². The van der Waals surface area contributed by atoms with Gasteiger partial charge in [-0.2, -0.15) is 0 Å². The molecule has 0 bridgehead atoms. The van der Waals surface area contributed by atoms with Crippen LogP contribution in [0.25, 0.3) is 0 Å². The van der Waals surface area contributed by atoms with E-state index >= 15 is 0 Å². The molecule has 1 rings (SSSR count). The smallest absolute Gasteiger partial charge is 0.0267 e. The van der Waals surface area contributed by atoms with Gasteiger partial charge in [-0.25, -0.2) is 0 Å². The van der Waals surface area contributed by atoms with Gasteiger partial charge in [-0.15, -0.1) is 49.6 Å². The van der Waals surface area contributed by atoms with Crippen LogP contribution in [0.1, 0.15) is 20.8 Å². The zero-order valence-electron chi connectivity index (χ0n) is 11.7. The summed E-state index contributed by atoms with van der Waals surface area (Å²) < 4.78 is 0. The van der Waals surface area contributed by atoms with E-state index in [0.717, 1.165) is 0 Å². The van der Waals surface area contributed by atoms with Crippen LogP contribution in [-0.4, -0.2) is 53.4 Å². The molecule has 0 aliphatic carbocycles. The van der Waals surface area contributed by atoms with Crippen LogP contribution in [0, 0.1) is 0 Å². The third-order valence-electron chi connectivity index (χ3n) is 1.91. The number of aromatic nitrogens is 1. The molecule has 0 unspecified atom stereocenters. The summed E-state index contributed by atoms with van der Waals surface area (Å²) >= 11 is 0. The van der Waals surface area contributed by atoms with Crippen molar-refractivity contribution in [3.05, 3.63) is 30.6 Å². The Bertz CT molecular complexity index is 163. The molecule has 0 saturated heterocycles. The molecule has 1 aromatic rings. The van der Waals surface area contributed by atoms with E-state index < -0.39 is 0 Å². The standard InChI is InChI=1S/C6H15N.C5H5N.4ClH.Sn.Ti.2H/c1-4-7(5-2)6-3;1-2-4-6-5-3-1;;;;;;;;/h4-6H2,1-3H3;1-5H;4*1H;;;;. The van der Waals surface area contributed by atoms with E-state index in [9.17, 15) is 0 Å². The maximum absolute atomic E-state index is 3.78. The molecule has 1 aromatic heterocycles. The second kappa shape index (κ2) is 36.7. The summed E-state index contributed by atoms with van der Waals surface area (Å²) in [4.78, 5) is 6.16. The predicted molar refractivity (Wildman–Crippen MR) is 95.2 cm³/mol. The van der Waals surface area contributed by atoms with Gasteiger partial charge in [-0.1, -0.05) is 26.8 Å². The summed E-state index contributed by atoms with van der Waals surface area (Å²) in [5.74, 6) is 0. The third kappa shape index (κ3) is 32.9. The molecule has 2 radical (unpaired) electrons. The minimum Gasteiger partial charge on any atom is -0.265 e. The molecule has 0 aliphatic heterocycles. The van der Waals surface area contributed by atoms with Crippen LogP contribution >= 0.6 is 49.6 Å². The molecular weight excluding hydrogens is 469 g/mol. The van der Waals surface area contributed by atoms with Gasteiger partial charge in [0.05, 0.1) is 0 Å². The van der Waals surface area contributed by atoms with Crippen molar-refractivity contribution in [2.24, 2.45) is 0 Å². The number of pyridine rings is 1. The fourth-order valence-electron chi connectivity index (χ4n) is 0.983. The van der Waals surface area contributed by atoms with E-state index in [2.05, 4.69) is 30.7 Å². The molecule has 0 amide bonds. The Labute approximate surface area is 174 Å². The predicted octanol–water partition coefficient (Wildman–Crippen LogP) is 3.20. The van der Waals surface area contributed by atoms with Crippen molar-refractivity contribution >= 4 is 73.5 Å². The number of hydrogen-bond acceptors (Lipinski definition) is 2. The van der Waals surface area contributed by atoms with Crippen molar-refractivity contribution in [1.29, 1.82) is 0 Å². The van der Waals surface area contributed by atoms with Crippen LogP contribution in [-0.2, 0) is 21.7 Å². The second-order valence-corrected chi connectivity index (χ2v) is 2.64. The number of halogens is 4. The van der Waals surface area contributed by atoms with Gasteiger partial charge in [-0.05, 0) is 31.8 Å². The summed E-state index contributed by atoms with van der Waals surface area (Å²) in [6, 6.07) is 5.72. The molecule has 0 atom stereocenters. The van der Waals surface area contributed by atoms with Crippen molar-refractivity contribution in [1.82, 2.24) is 9.88 Å². The first-order valence-corrected chi connectivity index (χ1v) is 4.92. The molecule has 0 aliphatic rings. The van der Waals surface area contributed by atoms with Crippen molar-refractivity contribution in [2.75, 3.05) is 19.6 Å². The van der Waals surface area contributed by atoms with Crippen molar-refractivity contribution in [3.63, 3.8) is 0 Å². The second-order valence-electron chi connectivity index (χ2n) is 2.64. The molecule has 116 valence electrons. The zero-order valence-corrected chi connectivity index (χ0v) is 20.6. The molecule has 0 saturated carbocycles. The quantitative estimate of drug-likeness (QED) is 0.600. The molecule has 0 N–H and O–H groups in total. The molecule has 0 aromatic carbocycles. The summed E-state index contributed by atoms with van der Waals surface area (Å²) in [6.45, 7) is 10.1. The Morgan fingerprint density at radius 3 is 1.11 bits per heavy atom.